The molecule has 8 nitrogen and oxygen atoms in total. The molecular weight excluding hydrogens is 516 g/mol. The van der Waals surface area contributed by atoms with E-state index in [4.69, 9.17) is 21.2 Å². The lowest BCUT2D eigenvalue weighted by atomic mass is 9.98. The molecule has 0 aliphatic carbocycles. The molecule has 0 bridgehead atoms. The fourth-order valence-electron chi connectivity index (χ4n) is 3.08. The predicted octanol–water partition coefficient (Wildman–Crippen LogP) is 3.87. The van der Waals surface area contributed by atoms with Crippen LogP contribution in [-0.2, 0) is 34.3 Å². The van der Waals surface area contributed by atoms with E-state index in [1.807, 2.05) is 4.72 Å². The van der Waals surface area contributed by atoms with Crippen molar-refractivity contribution in [1.29, 1.82) is 0 Å². The first kappa shape index (κ1) is 26.6. The van der Waals surface area contributed by atoms with E-state index in [-0.39, 0.29) is 39.7 Å². The van der Waals surface area contributed by atoms with Gasteiger partial charge in [-0.05, 0) is 30.7 Å². The first-order valence-corrected chi connectivity index (χ1v) is 11.8. The van der Waals surface area contributed by atoms with Crippen LogP contribution in [0.25, 0.3) is 11.3 Å². The molecule has 0 radical (unpaired) electrons. The van der Waals surface area contributed by atoms with E-state index in [1.165, 1.54) is 43.3 Å². The summed E-state index contributed by atoms with van der Waals surface area (Å²) in [5.74, 6) is -4.01. The number of amides is 1. The van der Waals surface area contributed by atoms with Gasteiger partial charge in [0.25, 0.3) is 10.2 Å². The number of carbonyl (C=O) groups excluding carboxylic acids is 1. The Kier molecular flexibility index (Phi) is 7.84. The largest absolute Gasteiger partial charge is 0.468 e. The molecule has 4 N–H and O–H groups in total. The van der Waals surface area contributed by atoms with Crippen molar-refractivity contribution in [2.24, 2.45) is 5.14 Å². The molecule has 2 aromatic carbocycles. The molecule has 0 aliphatic heterocycles. The van der Waals surface area contributed by atoms with E-state index < -0.39 is 46.5 Å². The van der Waals surface area contributed by atoms with Crippen LogP contribution in [0.15, 0.2) is 46.9 Å². The van der Waals surface area contributed by atoms with Crippen molar-refractivity contribution in [3.8, 4) is 11.3 Å². The van der Waals surface area contributed by atoms with Crippen molar-refractivity contribution in [3.05, 3.63) is 76.1 Å². The van der Waals surface area contributed by atoms with Gasteiger partial charge in [-0.15, -0.1) is 0 Å². The van der Waals surface area contributed by atoms with Gasteiger partial charge in [-0.1, -0.05) is 35.9 Å². The Hall–Kier alpha value is -3.00. The molecular formula is C21H19ClF4N4O4S. The Morgan fingerprint density at radius 2 is 1.91 bits per heavy atom. The molecule has 35 heavy (non-hydrogen) atoms. The zero-order valence-corrected chi connectivity index (χ0v) is 19.6. The second-order valence-electron chi connectivity index (χ2n) is 7.46. The van der Waals surface area contributed by atoms with Gasteiger partial charge in [0, 0.05) is 22.7 Å². The molecule has 0 fully saturated rings. The summed E-state index contributed by atoms with van der Waals surface area (Å²) in [6.07, 6.45) is -4.85. The van der Waals surface area contributed by atoms with Crippen LogP contribution in [0.5, 0.6) is 0 Å². The second-order valence-corrected chi connectivity index (χ2v) is 9.27. The highest BCUT2D eigenvalue weighted by atomic mass is 35.5. The molecule has 0 spiro atoms. The maximum absolute atomic E-state index is 14.3. The van der Waals surface area contributed by atoms with Gasteiger partial charge in [-0.2, -0.15) is 26.3 Å². The summed E-state index contributed by atoms with van der Waals surface area (Å²) < 4.78 is 82.6. The fraction of sp³-hybridized carbons (Fsp3) is 0.238. The average Bonchev–Trinajstić information content (AvgIpc) is 3.20. The number of nitrogens with zero attached hydrogens (tertiary/aromatic N) is 1. The molecule has 1 atom stereocenters. The van der Waals surface area contributed by atoms with Crippen LogP contribution in [0.3, 0.4) is 0 Å². The number of carbonyl (C=O) groups is 1. The van der Waals surface area contributed by atoms with Crippen LogP contribution >= 0.6 is 11.6 Å². The number of aromatic nitrogens is 1. The topological polar surface area (TPSA) is 127 Å². The van der Waals surface area contributed by atoms with Gasteiger partial charge in [0.05, 0.1) is 12.5 Å². The van der Waals surface area contributed by atoms with E-state index in [2.05, 4.69) is 10.3 Å². The molecule has 3 aromatic rings. The number of rotatable bonds is 8. The molecule has 188 valence electrons. The third-order valence-electron chi connectivity index (χ3n) is 4.90. The minimum atomic E-state index is -4.85. The summed E-state index contributed by atoms with van der Waals surface area (Å²) in [6, 6.07) is 9.72. The normalized spacial score (nSPS) is 13.0. The second kappa shape index (κ2) is 10.3. The first-order chi connectivity index (χ1) is 16.2. The van der Waals surface area contributed by atoms with Crippen LogP contribution in [0.4, 0.5) is 17.6 Å². The molecule has 0 saturated heterocycles. The average molecular weight is 535 g/mol. The van der Waals surface area contributed by atoms with Crippen LogP contribution in [0.2, 0.25) is 5.02 Å². The van der Waals surface area contributed by atoms with Gasteiger partial charge in [0.2, 0.25) is 5.91 Å². The van der Waals surface area contributed by atoms with Gasteiger partial charge in [0.15, 0.2) is 5.76 Å². The summed E-state index contributed by atoms with van der Waals surface area (Å²) in [5, 5.41) is 7.55. The number of benzene rings is 2. The number of nitrogens with one attached hydrogen (secondary N) is 2. The van der Waals surface area contributed by atoms with Crippen LogP contribution in [0.1, 0.15) is 35.6 Å². The summed E-state index contributed by atoms with van der Waals surface area (Å²) in [5.41, 5.74) is 0.385. The van der Waals surface area contributed by atoms with Gasteiger partial charge < -0.3 is 9.73 Å². The molecule has 1 aromatic heterocycles. The van der Waals surface area contributed by atoms with Crippen molar-refractivity contribution in [2.75, 3.05) is 0 Å². The van der Waals surface area contributed by atoms with Gasteiger partial charge >= 0.3 is 12.1 Å². The van der Waals surface area contributed by atoms with E-state index in [0.29, 0.717) is 0 Å². The number of hydrogen-bond acceptors (Lipinski definition) is 5. The standard InChI is InChI=1S/C21H19ClF4N4O4S/c1-11(12-5-6-14(16(23)8-12)9-29-35(27,32)33)19(31)28-10-17-18(13-3-2-4-15(22)7-13)30-20(34-17)21(24,25)26/h2-8,11,29H,9-10H2,1H3,(H,28,31)(H2,27,32,33). The van der Waals surface area contributed by atoms with Gasteiger partial charge in [0.1, 0.15) is 11.5 Å². The van der Waals surface area contributed by atoms with Crippen molar-refractivity contribution >= 4 is 27.7 Å². The summed E-state index contributed by atoms with van der Waals surface area (Å²) in [6.45, 7) is 0.656. The number of nitrogens with two attached hydrogens (primary N) is 1. The summed E-state index contributed by atoms with van der Waals surface area (Å²) >= 11 is 5.93. The molecule has 1 amide bonds. The lowest BCUT2D eigenvalue weighted by Gasteiger charge is -2.14. The van der Waals surface area contributed by atoms with E-state index in [0.717, 1.165) is 6.07 Å². The maximum Gasteiger partial charge on any atom is 0.468 e. The highest BCUT2D eigenvalue weighted by molar-refractivity contribution is 7.87. The van der Waals surface area contributed by atoms with Gasteiger partial charge in [-0.3, -0.25) is 4.79 Å². The Bertz CT molecular complexity index is 1350. The molecule has 0 saturated carbocycles. The molecule has 14 heteroatoms. The lowest BCUT2D eigenvalue weighted by Crippen LogP contribution is -2.30. The summed E-state index contributed by atoms with van der Waals surface area (Å²) in [4.78, 5) is 16.1. The monoisotopic (exact) mass is 534 g/mol. The Labute approximate surface area is 202 Å². The zero-order chi connectivity index (χ0) is 26.0. The third kappa shape index (κ3) is 7.01. The lowest BCUT2D eigenvalue weighted by molar-refractivity contribution is -0.157. The van der Waals surface area contributed by atoms with Crippen LogP contribution in [0, 0.1) is 5.82 Å². The number of hydrogen-bond donors (Lipinski definition) is 3. The van der Waals surface area contributed by atoms with Gasteiger partial charge in [-0.25, -0.2) is 14.5 Å². The third-order valence-corrected chi connectivity index (χ3v) is 5.68. The SMILES string of the molecule is CC(C(=O)NCc1oc(C(F)(F)F)nc1-c1cccc(Cl)c1)c1ccc(CNS(N)(=O)=O)c(F)c1. The van der Waals surface area contributed by atoms with E-state index in [1.54, 1.807) is 0 Å². The Morgan fingerprint density at radius 3 is 2.51 bits per heavy atom. The van der Waals surface area contributed by atoms with Crippen molar-refractivity contribution in [3.63, 3.8) is 0 Å². The fourth-order valence-corrected chi connectivity index (χ4v) is 3.63. The van der Waals surface area contributed by atoms with Crippen LogP contribution in [-0.4, -0.2) is 19.3 Å². The van der Waals surface area contributed by atoms with Crippen molar-refractivity contribution < 1.29 is 35.2 Å². The first-order valence-electron chi connectivity index (χ1n) is 9.91. The molecule has 0 aliphatic rings. The smallest absolute Gasteiger partial charge is 0.435 e. The minimum absolute atomic E-state index is 0.00267. The quantitative estimate of drug-likeness (QED) is 0.378. The maximum atomic E-state index is 14.3. The number of oxazole rings is 1. The summed E-state index contributed by atoms with van der Waals surface area (Å²) in [7, 11) is -4.02. The van der Waals surface area contributed by atoms with E-state index >= 15 is 0 Å². The molecule has 1 unspecified atom stereocenters. The Morgan fingerprint density at radius 1 is 1.20 bits per heavy atom. The highest BCUT2D eigenvalue weighted by Gasteiger charge is 2.38. The molecule has 3 rings (SSSR count). The molecule has 1 heterocycles. The van der Waals surface area contributed by atoms with Crippen molar-refractivity contribution in [2.45, 2.75) is 32.1 Å². The number of halogens is 5. The predicted molar refractivity (Wildman–Crippen MR) is 119 cm³/mol. The highest BCUT2D eigenvalue weighted by Crippen LogP contribution is 2.34. The van der Waals surface area contributed by atoms with E-state index in [9.17, 15) is 30.8 Å². The minimum Gasteiger partial charge on any atom is -0.435 e. The van der Waals surface area contributed by atoms with Crippen LogP contribution < -0.4 is 15.2 Å². The number of alkyl halides is 3. The zero-order valence-electron chi connectivity index (χ0n) is 18.0. The Balaban J connectivity index is 1.76. The van der Waals surface area contributed by atoms with Crippen molar-refractivity contribution in [1.82, 2.24) is 15.0 Å².